The minimum Gasteiger partial charge on any atom is -0.493 e. The van der Waals surface area contributed by atoms with Crippen LogP contribution in [0.1, 0.15) is 36.3 Å². The molecule has 26 heavy (non-hydrogen) atoms. The molecule has 0 radical (unpaired) electrons. The van der Waals surface area contributed by atoms with E-state index in [4.69, 9.17) is 4.74 Å². The first kappa shape index (κ1) is 17.7. The van der Waals surface area contributed by atoms with Crippen LogP contribution in [0.25, 0.3) is 5.82 Å². The maximum Gasteiger partial charge on any atom is 0.259 e. The van der Waals surface area contributed by atoms with Crippen LogP contribution >= 0.6 is 0 Å². The van der Waals surface area contributed by atoms with Gasteiger partial charge in [-0.3, -0.25) is 14.0 Å². The molecule has 0 atom stereocenters. The maximum absolute atomic E-state index is 12.9. The highest BCUT2D eigenvalue weighted by atomic mass is 16.5. The predicted molar refractivity (Wildman–Crippen MR) is 97.7 cm³/mol. The Morgan fingerprint density at radius 1 is 1.19 bits per heavy atom. The first-order valence-electron chi connectivity index (χ1n) is 8.61. The summed E-state index contributed by atoms with van der Waals surface area (Å²) >= 11 is 0. The normalized spacial score (nSPS) is 10.7. The molecule has 0 aliphatic rings. The number of anilines is 1. The van der Waals surface area contributed by atoms with Gasteiger partial charge in [0.1, 0.15) is 24.1 Å². The fraction of sp³-hybridized carbons (Fsp3) is 0.333. The molecule has 136 valence electrons. The Kier molecular flexibility index (Phi) is 5.31. The van der Waals surface area contributed by atoms with Gasteiger partial charge in [-0.05, 0) is 32.4 Å². The van der Waals surface area contributed by atoms with E-state index in [9.17, 15) is 4.79 Å². The lowest BCUT2D eigenvalue weighted by Crippen LogP contribution is -2.15. The number of aromatic nitrogens is 5. The lowest BCUT2D eigenvalue weighted by molar-refractivity contribution is 0.102. The van der Waals surface area contributed by atoms with E-state index in [1.165, 1.54) is 0 Å². The molecule has 0 spiro atoms. The Morgan fingerprint density at radius 3 is 2.62 bits per heavy atom. The Morgan fingerprint density at radius 2 is 1.92 bits per heavy atom. The fourth-order valence-electron chi connectivity index (χ4n) is 2.71. The van der Waals surface area contributed by atoms with Gasteiger partial charge in [0.25, 0.3) is 5.91 Å². The van der Waals surface area contributed by atoms with E-state index in [0.29, 0.717) is 29.4 Å². The van der Waals surface area contributed by atoms with Crippen LogP contribution in [0.5, 0.6) is 5.75 Å². The molecule has 0 fully saturated rings. The number of benzene rings is 1. The molecule has 3 aromatic rings. The van der Waals surface area contributed by atoms with Crippen molar-refractivity contribution in [1.82, 2.24) is 24.5 Å². The number of nitrogens with zero attached hydrogens (tertiary/aromatic N) is 5. The van der Waals surface area contributed by atoms with Gasteiger partial charge in [-0.15, -0.1) is 10.2 Å². The molecule has 0 aliphatic heterocycles. The summed E-state index contributed by atoms with van der Waals surface area (Å²) in [7, 11) is 0. The molecular formula is C18H22N6O2. The molecule has 8 heteroatoms. The lowest BCUT2D eigenvalue weighted by atomic mass is 10.2. The molecule has 8 nitrogen and oxygen atoms in total. The minimum atomic E-state index is -0.248. The van der Waals surface area contributed by atoms with Gasteiger partial charge in [0.05, 0.1) is 17.9 Å². The van der Waals surface area contributed by atoms with E-state index >= 15 is 0 Å². The maximum atomic E-state index is 12.9. The Bertz CT molecular complexity index is 885. The SMILES string of the molecule is CCCn1nc(-n2cnnc2)c(NC(=O)c2ccccc2OCC)c1C. The predicted octanol–water partition coefficient (Wildman–Crippen LogP) is 2.83. The van der Waals surface area contributed by atoms with Crippen molar-refractivity contribution in [2.75, 3.05) is 11.9 Å². The van der Waals surface area contributed by atoms with Crippen molar-refractivity contribution >= 4 is 11.6 Å². The second-order valence-electron chi connectivity index (χ2n) is 5.76. The zero-order valence-corrected chi connectivity index (χ0v) is 15.1. The lowest BCUT2D eigenvalue weighted by Gasteiger charge is -2.11. The molecule has 2 aromatic heterocycles. The molecular weight excluding hydrogens is 332 g/mol. The second kappa shape index (κ2) is 7.81. The molecule has 3 rings (SSSR count). The summed E-state index contributed by atoms with van der Waals surface area (Å²) < 4.78 is 9.12. The number of carbonyl (C=O) groups excluding carboxylic acids is 1. The highest BCUT2D eigenvalue weighted by molar-refractivity contribution is 6.07. The van der Waals surface area contributed by atoms with E-state index in [-0.39, 0.29) is 5.91 Å². The van der Waals surface area contributed by atoms with Crippen molar-refractivity contribution in [3.63, 3.8) is 0 Å². The van der Waals surface area contributed by atoms with Crippen LogP contribution in [0.3, 0.4) is 0 Å². The van der Waals surface area contributed by atoms with E-state index in [0.717, 1.165) is 18.7 Å². The number of rotatable bonds is 7. The summed E-state index contributed by atoms with van der Waals surface area (Å²) in [5, 5.41) is 15.2. The number of carbonyl (C=O) groups is 1. The van der Waals surface area contributed by atoms with Crippen molar-refractivity contribution < 1.29 is 9.53 Å². The molecule has 1 aromatic carbocycles. The first-order valence-corrected chi connectivity index (χ1v) is 8.61. The highest BCUT2D eigenvalue weighted by Crippen LogP contribution is 2.26. The Balaban J connectivity index is 1.98. The summed E-state index contributed by atoms with van der Waals surface area (Å²) in [6.07, 6.45) is 4.05. The smallest absolute Gasteiger partial charge is 0.259 e. The first-order chi connectivity index (χ1) is 12.7. The zero-order chi connectivity index (χ0) is 18.5. The van der Waals surface area contributed by atoms with Gasteiger partial charge in [-0.1, -0.05) is 19.1 Å². The summed E-state index contributed by atoms with van der Waals surface area (Å²) in [5.74, 6) is 0.891. The Labute approximate surface area is 151 Å². The average molecular weight is 354 g/mol. The van der Waals surface area contributed by atoms with Gasteiger partial charge in [0.2, 0.25) is 0 Å². The summed E-state index contributed by atoms with van der Waals surface area (Å²) in [6, 6.07) is 7.18. The number of hydrogen-bond acceptors (Lipinski definition) is 5. The van der Waals surface area contributed by atoms with Crippen molar-refractivity contribution in [3.05, 3.63) is 48.2 Å². The number of amides is 1. The van der Waals surface area contributed by atoms with Crippen molar-refractivity contribution in [1.29, 1.82) is 0 Å². The van der Waals surface area contributed by atoms with E-state index in [1.807, 2.05) is 30.7 Å². The Hall–Kier alpha value is -3.16. The van der Waals surface area contributed by atoms with Gasteiger partial charge in [-0.2, -0.15) is 5.10 Å². The molecule has 0 unspecified atom stereocenters. The molecule has 0 saturated heterocycles. The van der Waals surface area contributed by atoms with Crippen LogP contribution in [-0.2, 0) is 6.54 Å². The molecule has 1 amide bonds. The van der Waals surface area contributed by atoms with Crippen LogP contribution in [0.2, 0.25) is 0 Å². The monoisotopic (exact) mass is 354 g/mol. The van der Waals surface area contributed by atoms with Crippen LogP contribution < -0.4 is 10.1 Å². The number of nitrogens with one attached hydrogen (secondary N) is 1. The summed E-state index contributed by atoms with van der Waals surface area (Å²) in [5.41, 5.74) is 1.99. The van der Waals surface area contributed by atoms with Gasteiger partial charge >= 0.3 is 0 Å². The van der Waals surface area contributed by atoms with Crippen LogP contribution in [0.15, 0.2) is 36.9 Å². The van der Waals surface area contributed by atoms with E-state index in [2.05, 4.69) is 27.5 Å². The van der Waals surface area contributed by atoms with Crippen molar-refractivity contribution in [2.45, 2.75) is 33.7 Å². The largest absolute Gasteiger partial charge is 0.493 e. The molecule has 1 N–H and O–H groups in total. The highest BCUT2D eigenvalue weighted by Gasteiger charge is 2.20. The zero-order valence-electron chi connectivity index (χ0n) is 15.1. The van der Waals surface area contributed by atoms with Crippen LogP contribution in [-0.4, -0.2) is 37.1 Å². The number of aryl methyl sites for hydroxylation is 1. The third-order valence-electron chi connectivity index (χ3n) is 3.96. The van der Waals surface area contributed by atoms with Gasteiger partial charge in [-0.25, -0.2) is 0 Å². The fourth-order valence-corrected chi connectivity index (χ4v) is 2.71. The standard InChI is InChI=1S/C18H22N6O2/c1-4-10-24-13(3)16(17(22-24)23-11-19-20-12-23)21-18(25)14-8-6-7-9-15(14)26-5-2/h6-9,11-12H,4-5,10H2,1-3H3,(H,21,25). The number of ether oxygens (including phenoxy) is 1. The van der Waals surface area contributed by atoms with E-state index in [1.54, 1.807) is 29.4 Å². The minimum absolute atomic E-state index is 0.248. The average Bonchev–Trinajstić information content (AvgIpc) is 3.27. The molecule has 0 bridgehead atoms. The van der Waals surface area contributed by atoms with Gasteiger partial charge in [0.15, 0.2) is 5.82 Å². The van der Waals surface area contributed by atoms with Crippen LogP contribution in [0, 0.1) is 6.92 Å². The third kappa shape index (κ3) is 3.44. The van der Waals surface area contributed by atoms with Crippen LogP contribution in [0.4, 0.5) is 5.69 Å². The van der Waals surface area contributed by atoms with Gasteiger partial charge < -0.3 is 10.1 Å². The van der Waals surface area contributed by atoms with E-state index < -0.39 is 0 Å². The second-order valence-corrected chi connectivity index (χ2v) is 5.76. The van der Waals surface area contributed by atoms with Gasteiger partial charge in [0, 0.05) is 6.54 Å². The molecule has 0 saturated carbocycles. The van der Waals surface area contributed by atoms with Crippen molar-refractivity contribution in [3.8, 4) is 11.6 Å². The summed E-state index contributed by atoms with van der Waals surface area (Å²) in [6.45, 7) is 7.14. The molecule has 0 aliphatic carbocycles. The quantitative estimate of drug-likeness (QED) is 0.705. The third-order valence-corrected chi connectivity index (χ3v) is 3.96. The topological polar surface area (TPSA) is 86.9 Å². The van der Waals surface area contributed by atoms with Crippen molar-refractivity contribution in [2.24, 2.45) is 0 Å². The molecule has 2 heterocycles. The number of hydrogen-bond donors (Lipinski definition) is 1. The number of para-hydroxylation sites is 1. The summed E-state index contributed by atoms with van der Waals surface area (Å²) in [4.78, 5) is 12.9.